The molecule has 0 aromatic carbocycles. The third-order valence-corrected chi connectivity index (χ3v) is 4.81. The molecule has 1 heterocycles. The molecule has 92 valence electrons. The number of hydrogen-bond donors (Lipinski definition) is 1. The van der Waals surface area contributed by atoms with Crippen molar-refractivity contribution in [3.63, 3.8) is 0 Å². The van der Waals surface area contributed by atoms with Crippen molar-refractivity contribution in [1.82, 2.24) is 0 Å². The smallest absolute Gasteiger partial charge is 0.0885 e. The highest BCUT2D eigenvalue weighted by Gasteiger charge is 2.15. The van der Waals surface area contributed by atoms with Crippen LogP contribution in [-0.2, 0) is 0 Å². The second-order valence-corrected chi connectivity index (χ2v) is 6.19. The molecule has 16 heavy (non-hydrogen) atoms. The summed E-state index contributed by atoms with van der Waals surface area (Å²) in [5.41, 5.74) is 0. The summed E-state index contributed by atoms with van der Waals surface area (Å²) < 4.78 is 1.08. The van der Waals surface area contributed by atoms with E-state index in [4.69, 9.17) is 0 Å². The van der Waals surface area contributed by atoms with E-state index in [-0.39, 0.29) is 6.10 Å². The van der Waals surface area contributed by atoms with Gasteiger partial charge in [-0.25, -0.2) is 0 Å². The number of aliphatic hydroxyl groups excluding tert-OH is 1. The monoisotopic (exact) mass is 304 g/mol. The number of rotatable bonds is 7. The van der Waals surface area contributed by atoms with E-state index in [1.54, 1.807) is 11.3 Å². The number of thiophene rings is 1. The van der Waals surface area contributed by atoms with Gasteiger partial charge in [0.05, 0.1) is 6.10 Å². The quantitative estimate of drug-likeness (QED) is 0.738. The fourth-order valence-electron chi connectivity index (χ4n) is 1.92. The van der Waals surface area contributed by atoms with Crippen LogP contribution in [0.25, 0.3) is 0 Å². The molecule has 1 N–H and O–H groups in total. The summed E-state index contributed by atoms with van der Waals surface area (Å²) >= 11 is 5.06. The molecule has 1 aromatic heterocycles. The van der Waals surface area contributed by atoms with Crippen LogP contribution < -0.4 is 0 Å². The number of aliphatic hydroxyl groups is 1. The molecule has 2 atom stereocenters. The molecular formula is C13H21BrOS. The van der Waals surface area contributed by atoms with Gasteiger partial charge < -0.3 is 5.11 Å². The predicted molar refractivity (Wildman–Crippen MR) is 74.9 cm³/mol. The van der Waals surface area contributed by atoms with Gasteiger partial charge in [0.25, 0.3) is 0 Å². The van der Waals surface area contributed by atoms with Crippen LogP contribution in [0.2, 0.25) is 0 Å². The standard InChI is InChI=1S/C13H21BrOS/c1-3-5-6-10(4-2)7-12(15)13-8-11(14)9-16-13/h8-10,12,15H,3-7H2,1-2H3. The summed E-state index contributed by atoms with van der Waals surface area (Å²) in [6.45, 7) is 4.44. The van der Waals surface area contributed by atoms with Crippen molar-refractivity contribution in [2.45, 2.75) is 52.1 Å². The van der Waals surface area contributed by atoms with Crippen LogP contribution in [-0.4, -0.2) is 5.11 Å². The average molecular weight is 305 g/mol. The van der Waals surface area contributed by atoms with Crippen molar-refractivity contribution in [2.24, 2.45) is 5.92 Å². The van der Waals surface area contributed by atoms with Gasteiger partial charge in [-0.1, -0.05) is 39.5 Å². The molecule has 3 heteroatoms. The number of unbranched alkanes of at least 4 members (excludes halogenated alkanes) is 1. The Morgan fingerprint density at radius 2 is 2.19 bits per heavy atom. The summed E-state index contributed by atoms with van der Waals surface area (Å²) in [5.74, 6) is 0.663. The van der Waals surface area contributed by atoms with E-state index >= 15 is 0 Å². The maximum absolute atomic E-state index is 10.1. The second kappa shape index (κ2) is 7.46. The fraction of sp³-hybridized carbons (Fsp3) is 0.692. The predicted octanol–water partition coefficient (Wildman–Crippen LogP) is 5.15. The SMILES string of the molecule is CCCCC(CC)CC(O)c1cc(Br)cs1. The van der Waals surface area contributed by atoms with Crippen molar-refractivity contribution in [2.75, 3.05) is 0 Å². The molecule has 0 amide bonds. The van der Waals surface area contributed by atoms with E-state index in [9.17, 15) is 5.11 Å². The van der Waals surface area contributed by atoms with Gasteiger partial charge in [0.1, 0.15) is 0 Å². The van der Waals surface area contributed by atoms with Gasteiger partial charge >= 0.3 is 0 Å². The first kappa shape index (κ1) is 14.2. The molecule has 0 aliphatic carbocycles. The van der Waals surface area contributed by atoms with Crippen LogP contribution >= 0.6 is 27.3 Å². The van der Waals surface area contributed by atoms with E-state index in [2.05, 4.69) is 29.8 Å². The molecular weight excluding hydrogens is 284 g/mol. The van der Waals surface area contributed by atoms with Gasteiger partial charge in [-0.15, -0.1) is 11.3 Å². The van der Waals surface area contributed by atoms with Crippen molar-refractivity contribution >= 4 is 27.3 Å². The van der Waals surface area contributed by atoms with Crippen molar-refractivity contribution in [1.29, 1.82) is 0 Å². The van der Waals surface area contributed by atoms with E-state index in [0.29, 0.717) is 5.92 Å². The fourth-order valence-corrected chi connectivity index (χ4v) is 3.36. The highest BCUT2D eigenvalue weighted by atomic mass is 79.9. The molecule has 0 aliphatic heterocycles. The lowest BCUT2D eigenvalue weighted by atomic mass is 9.93. The van der Waals surface area contributed by atoms with Crippen LogP contribution in [0, 0.1) is 5.92 Å². The molecule has 2 unspecified atom stereocenters. The second-order valence-electron chi connectivity index (χ2n) is 4.34. The summed E-state index contributed by atoms with van der Waals surface area (Å²) in [4.78, 5) is 1.09. The van der Waals surface area contributed by atoms with Crippen LogP contribution in [0.3, 0.4) is 0 Å². The Morgan fingerprint density at radius 1 is 1.44 bits per heavy atom. The topological polar surface area (TPSA) is 20.2 Å². The first-order valence-corrected chi connectivity index (χ1v) is 7.76. The zero-order valence-corrected chi connectivity index (χ0v) is 12.5. The van der Waals surface area contributed by atoms with Crippen LogP contribution in [0.15, 0.2) is 15.9 Å². The summed E-state index contributed by atoms with van der Waals surface area (Å²) in [5, 5.41) is 12.2. The zero-order valence-electron chi connectivity index (χ0n) is 10.1. The number of halogens is 1. The third kappa shape index (κ3) is 4.56. The molecule has 0 fully saturated rings. The van der Waals surface area contributed by atoms with Crippen LogP contribution in [0.4, 0.5) is 0 Å². The largest absolute Gasteiger partial charge is 0.388 e. The zero-order chi connectivity index (χ0) is 12.0. The lowest BCUT2D eigenvalue weighted by Crippen LogP contribution is -2.05. The van der Waals surface area contributed by atoms with Gasteiger partial charge in [0.2, 0.25) is 0 Å². The molecule has 1 aromatic rings. The van der Waals surface area contributed by atoms with Gasteiger partial charge in [-0.3, -0.25) is 0 Å². The van der Waals surface area contributed by atoms with Gasteiger partial charge in [-0.05, 0) is 34.3 Å². The first-order chi connectivity index (χ1) is 7.67. The molecule has 0 saturated carbocycles. The third-order valence-electron chi connectivity index (χ3n) is 3.02. The van der Waals surface area contributed by atoms with Crippen molar-refractivity contribution in [3.8, 4) is 0 Å². The molecule has 0 aliphatic rings. The minimum atomic E-state index is -0.280. The summed E-state index contributed by atoms with van der Waals surface area (Å²) in [7, 11) is 0. The Labute approximate surface area is 111 Å². The highest BCUT2D eigenvalue weighted by molar-refractivity contribution is 9.10. The molecule has 0 spiro atoms. The van der Waals surface area contributed by atoms with Gasteiger partial charge in [0.15, 0.2) is 0 Å². The van der Waals surface area contributed by atoms with E-state index in [1.165, 1.54) is 25.7 Å². The first-order valence-electron chi connectivity index (χ1n) is 6.09. The van der Waals surface area contributed by atoms with Crippen LogP contribution in [0.1, 0.15) is 56.9 Å². The van der Waals surface area contributed by atoms with Gasteiger partial charge in [-0.2, -0.15) is 0 Å². The van der Waals surface area contributed by atoms with Crippen molar-refractivity contribution < 1.29 is 5.11 Å². The Kier molecular flexibility index (Phi) is 6.62. The van der Waals surface area contributed by atoms with Crippen molar-refractivity contribution in [3.05, 3.63) is 20.8 Å². The lowest BCUT2D eigenvalue weighted by Gasteiger charge is -2.17. The molecule has 0 bridgehead atoms. The lowest BCUT2D eigenvalue weighted by molar-refractivity contribution is 0.142. The molecule has 1 nitrogen and oxygen atoms in total. The number of hydrogen-bond acceptors (Lipinski definition) is 2. The maximum Gasteiger partial charge on any atom is 0.0885 e. The van der Waals surface area contributed by atoms with E-state index in [0.717, 1.165) is 15.8 Å². The normalized spacial score (nSPS) is 15.0. The Bertz CT molecular complexity index is 298. The molecule has 0 saturated heterocycles. The minimum absolute atomic E-state index is 0.280. The summed E-state index contributed by atoms with van der Waals surface area (Å²) in [6.07, 6.45) is 5.57. The van der Waals surface area contributed by atoms with E-state index in [1.807, 2.05) is 11.4 Å². The molecule has 0 radical (unpaired) electrons. The maximum atomic E-state index is 10.1. The summed E-state index contributed by atoms with van der Waals surface area (Å²) in [6, 6.07) is 2.03. The highest BCUT2D eigenvalue weighted by Crippen LogP contribution is 2.31. The Hall–Kier alpha value is 0.140. The van der Waals surface area contributed by atoms with Crippen LogP contribution in [0.5, 0.6) is 0 Å². The van der Waals surface area contributed by atoms with E-state index < -0.39 is 0 Å². The average Bonchev–Trinajstić information content (AvgIpc) is 2.70. The van der Waals surface area contributed by atoms with Gasteiger partial charge in [0, 0.05) is 14.7 Å². The Balaban J connectivity index is 2.45. The molecule has 1 rings (SSSR count). The Morgan fingerprint density at radius 3 is 2.69 bits per heavy atom. The minimum Gasteiger partial charge on any atom is -0.388 e.